The lowest BCUT2D eigenvalue weighted by atomic mass is 10.1. The molecule has 0 radical (unpaired) electrons. The molecule has 0 saturated carbocycles. The number of aromatic nitrogens is 3. The summed E-state index contributed by atoms with van der Waals surface area (Å²) in [6, 6.07) is 3.29. The lowest BCUT2D eigenvalue weighted by Crippen LogP contribution is -2.39. The van der Waals surface area contributed by atoms with Crippen molar-refractivity contribution in [2.75, 3.05) is 11.9 Å². The average molecular weight is 341 g/mol. The largest absolute Gasteiger partial charge is 0.469 e. The summed E-state index contributed by atoms with van der Waals surface area (Å²) in [5.41, 5.74) is 2.99. The second-order valence-electron chi connectivity index (χ2n) is 5.99. The molecule has 4 rings (SSSR count). The number of nitrogens with zero attached hydrogens (tertiary/aromatic N) is 4. The highest BCUT2D eigenvalue weighted by atomic mass is 16.5. The number of furan rings is 1. The van der Waals surface area contributed by atoms with Crippen LogP contribution in [0, 0.1) is 6.92 Å². The summed E-state index contributed by atoms with van der Waals surface area (Å²) in [6.45, 7) is 5.97. The lowest BCUT2D eigenvalue weighted by molar-refractivity contribution is 0.204. The first-order chi connectivity index (χ1) is 12.2. The third kappa shape index (κ3) is 2.79. The summed E-state index contributed by atoms with van der Waals surface area (Å²) in [4.78, 5) is 18.6. The maximum atomic E-state index is 12.5. The van der Waals surface area contributed by atoms with Gasteiger partial charge in [0, 0.05) is 31.3 Å². The zero-order valence-corrected chi connectivity index (χ0v) is 14.2. The van der Waals surface area contributed by atoms with Crippen LogP contribution in [-0.4, -0.2) is 32.2 Å². The third-order valence-electron chi connectivity index (χ3n) is 4.49. The van der Waals surface area contributed by atoms with E-state index in [2.05, 4.69) is 26.9 Å². The van der Waals surface area contributed by atoms with Crippen molar-refractivity contribution < 1.29 is 13.7 Å². The number of amides is 2. The molecule has 0 aliphatic carbocycles. The molecule has 0 bridgehead atoms. The van der Waals surface area contributed by atoms with Crippen LogP contribution in [0.25, 0.3) is 11.3 Å². The van der Waals surface area contributed by atoms with Gasteiger partial charge in [0.25, 0.3) is 0 Å². The second kappa shape index (κ2) is 6.12. The number of carbonyl (C=O) groups excluding carboxylic acids is 1. The van der Waals surface area contributed by atoms with Crippen LogP contribution >= 0.6 is 0 Å². The van der Waals surface area contributed by atoms with Crippen LogP contribution in [0.15, 0.2) is 33.7 Å². The quantitative estimate of drug-likeness (QED) is 0.791. The van der Waals surface area contributed by atoms with Crippen LogP contribution in [0.1, 0.15) is 24.1 Å². The number of hydrogen-bond donors (Lipinski definition) is 1. The SMILES string of the molecule is CCn1cnc2c1CCN(C(=O)Nc1cc(-c3ccoc3C)on1)C2. The number of carbonyl (C=O) groups is 1. The molecule has 0 aromatic carbocycles. The van der Waals surface area contributed by atoms with Crippen molar-refractivity contribution in [1.29, 1.82) is 0 Å². The Hall–Kier alpha value is -3.03. The highest BCUT2D eigenvalue weighted by Gasteiger charge is 2.24. The van der Waals surface area contributed by atoms with Gasteiger partial charge in [-0.25, -0.2) is 9.78 Å². The number of imidazole rings is 1. The molecule has 8 nitrogen and oxygen atoms in total. The van der Waals surface area contributed by atoms with Gasteiger partial charge in [0.2, 0.25) is 0 Å². The fourth-order valence-electron chi connectivity index (χ4n) is 3.11. The van der Waals surface area contributed by atoms with Crippen molar-refractivity contribution in [1.82, 2.24) is 19.6 Å². The summed E-state index contributed by atoms with van der Waals surface area (Å²) < 4.78 is 12.7. The molecule has 3 aromatic rings. The molecule has 1 aliphatic rings. The van der Waals surface area contributed by atoms with E-state index in [0.29, 0.717) is 24.7 Å². The predicted octanol–water partition coefficient (Wildman–Crippen LogP) is 3.05. The maximum absolute atomic E-state index is 12.5. The van der Waals surface area contributed by atoms with Gasteiger partial charge in [0.05, 0.1) is 30.4 Å². The van der Waals surface area contributed by atoms with Crippen molar-refractivity contribution in [2.24, 2.45) is 0 Å². The standard InChI is InChI=1S/C17H19N5O3/c1-3-21-10-18-13-9-22(6-4-14(13)21)17(23)19-16-8-15(25-20-16)12-5-7-24-11(12)2/h5,7-8,10H,3-4,6,9H2,1-2H3,(H,19,20,23). The summed E-state index contributed by atoms with van der Waals surface area (Å²) in [6.07, 6.45) is 4.23. The van der Waals surface area contributed by atoms with Gasteiger partial charge in [0.1, 0.15) is 5.76 Å². The molecule has 0 atom stereocenters. The van der Waals surface area contributed by atoms with Crippen molar-refractivity contribution in [3.05, 3.63) is 41.9 Å². The van der Waals surface area contributed by atoms with Crippen LogP contribution in [0.5, 0.6) is 0 Å². The highest BCUT2D eigenvalue weighted by Crippen LogP contribution is 2.26. The number of rotatable bonds is 3. The fraction of sp³-hybridized carbons (Fsp3) is 0.353. The van der Waals surface area contributed by atoms with Crippen molar-refractivity contribution in [2.45, 2.75) is 33.4 Å². The molecule has 0 saturated heterocycles. The Morgan fingerprint density at radius 3 is 3.08 bits per heavy atom. The van der Waals surface area contributed by atoms with Crippen LogP contribution < -0.4 is 5.32 Å². The summed E-state index contributed by atoms with van der Waals surface area (Å²) in [5.74, 6) is 1.68. The van der Waals surface area contributed by atoms with E-state index in [9.17, 15) is 4.79 Å². The number of fused-ring (bicyclic) bond motifs is 1. The van der Waals surface area contributed by atoms with E-state index in [0.717, 1.165) is 30.0 Å². The van der Waals surface area contributed by atoms with E-state index in [4.69, 9.17) is 8.94 Å². The van der Waals surface area contributed by atoms with E-state index in [1.54, 1.807) is 23.3 Å². The first-order valence-electron chi connectivity index (χ1n) is 8.25. The molecule has 1 N–H and O–H groups in total. The van der Waals surface area contributed by atoms with E-state index in [1.807, 2.05) is 13.3 Å². The molecule has 0 spiro atoms. The first kappa shape index (κ1) is 15.5. The van der Waals surface area contributed by atoms with E-state index < -0.39 is 0 Å². The normalized spacial score (nSPS) is 13.8. The van der Waals surface area contributed by atoms with Crippen molar-refractivity contribution in [3.8, 4) is 11.3 Å². The summed E-state index contributed by atoms with van der Waals surface area (Å²) in [5, 5.41) is 6.70. The molecule has 0 unspecified atom stereocenters. The average Bonchev–Trinajstić information content (AvgIpc) is 3.33. The second-order valence-corrected chi connectivity index (χ2v) is 5.99. The Morgan fingerprint density at radius 2 is 2.32 bits per heavy atom. The van der Waals surface area contributed by atoms with Gasteiger partial charge in [-0.05, 0) is 19.9 Å². The fourth-order valence-corrected chi connectivity index (χ4v) is 3.11. The number of urea groups is 1. The Balaban J connectivity index is 1.44. The monoisotopic (exact) mass is 341 g/mol. The lowest BCUT2D eigenvalue weighted by Gasteiger charge is -2.26. The topological polar surface area (TPSA) is 89.3 Å². The molecule has 25 heavy (non-hydrogen) atoms. The number of aryl methyl sites for hydroxylation is 2. The van der Waals surface area contributed by atoms with Gasteiger partial charge in [-0.15, -0.1) is 0 Å². The summed E-state index contributed by atoms with van der Waals surface area (Å²) >= 11 is 0. The van der Waals surface area contributed by atoms with Gasteiger partial charge >= 0.3 is 6.03 Å². The van der Waals surface area contributed by atoms with Crippen LogP contribution in [0.4, 0.5) is 10.6 Å². The summed E-state index contributed by atoms with van der Waals surface area (Å²) in [7, 11) is 0. The Morgan fingerprint density at radius 1 is 1.44 bits per heavy atom. The molecule has 2 amide bonds. The Kier molecular flexibility index (Phi) is 3.79. The van der Waals surface area contributed by atoms with Crippen LogP contribution in [-0.2, 0) is 19.5 Å². The minimum Gasteiger partial charge on any atom is -0.469 e. The van der Waals surface area contributed by atoms with Gasteiger partial charge in [-0.1, -0.05) is 5.16 Å². The first-order valence-corrected chi connectivity index (χ1v) is 8.25. The predicted molar refractivity (Wildman–Crippen MR) is 90.0 cm³/mol. The highest BCUT2D eigenvalue weighted by molar-refractivity contribution is 5.89. The molecular weight excluding hydrogens is 322 g/mol. The zero-order valence-electron chi connectivity index (χ0n) is 14.2. The number of hydrogen-bond acceptors (Lipinski definition) is 5. The van der Waals surface area contributed by atoms with Gasteiger partial charge in [-0.2, -0.15) is 0 Å². The van der Waals surface area contributed by atoms with Crippen LogP contribution in [0.3, 0.4) is 0 Å². The molecule has 4 heterocycles. The van der Waals surface area contributed by atoms with Crippen molar-refractivity contribution in [3.63, 3.8) is 0 Å². The zero-order chi connectivity index (χ0) is 17.4. The molecule has 8 heteroatoms. The minimum absolute atomic E-state index is 0.208. The maximum Gasteiger partial charge on any atom is 0.323 e. The number of nitrogens with one attached hydrogen (secondary N) is 1. The molecule has 3 aromatic heterocycles. The smallest absolute Gasteiger partial charge is 0.323 e. The third-order valence-corrected chi connectivity index (χ3v) is 4.49. The molecular formula is C17H19N5O3. The minimum atomic E-state index is -0.208. The Bertz CT molecular complexity index is 907. The molecule has 0 fully saturated rings. The molecule has 1 aliphatic heterocycles. The Labute approximate surface area is 144 Å². The van der Waals surface area contributed by atoms with Gasteiger partial charge in [-0.3, -0.25) is 5.32 Å². The molecule has 130 valence electrons. The van der Waals surface area contributed by atoms with E-state index >= 15 is 0 Å². The van der Waals surface area contributed by atoms with E-state index in [1.165, 1.54) is 5.69 Å². The van der Waals surface area contributed by atoms with Gasteiger partial charge in [0.15, 0.2) is 11.6 Å². The van der Waals surface area contributed by atoms with E-state index in [-0.39, 0.29) is 6.03 Å². The van der Waals surface area contributed by atoms with Gasteiger partial charge < -0.3 is 18.4 Å². The van der Waals surface area contributed by atoms with Crippen molar-refractivity contribution >= 4 is 11.8 Å². The number of anilines is 1. The van der Waals surface area contributed by atoms with Crippen LogP contribution in [0.2, 0.25) is 0 Å².